The maximum Gasteiger partial charge on any atom is 0.0794 e. The van der Waals surface area contributed by atoms with Gasteiger partial charge in [-0.25, -0.2) is 0 Å². The molecule has 1 aromatic heterocycles. The molecule has 0 aliphatic carbocycles. The van der Waals surface area contributed by atoms with Crippen molar-refractivity contribution in [2.45, 2.75) is 19.5 Å². The van der Waals surface area contributed by atoms with E-state index in [1.165, 1.54) is 10.4 Å². The predicted molar refractivity (Wildman–Crippen MR) is 71.5 cm³/mol. The Balaban J connectivity index is 1.95. The van der Waals surface area contributed by atoms with Crippen LogP contribution in [0.25, 0.3) is 0 Å². The summed E-state index contributed by atoms with van der Waals surface area (Å²) in [5.74, 6) is 0. The molecule has 0 radical (unpaired) electrons. The van der Waals surface area contributed by atoms with Crippen molar-refractivity contribution in [3.05, 3.63) is 50.9 Å². The van der Waals surface area contributed by atoms with Crippen molar-refractivity contribution >= 4 is 27.3 Å². The van der Waals surface area contributed by atoms with E-state index in [9.17, 15) is 0 Å². The van der Waals surface area contributed by atoms with Crippen LogP contribution in [0.4, 0.5) is 0 Å². The van der Waals surface area contributed by atoms with Crippen LogP contribution in [0.2, 0.25) is 0 Å². The van der Waals surface area contributed by atoms with Crippen LogP contribution < -0.4 is 5.32 Å². The summed E-state index contributed by atoms with van der Waals surface area (Å²) in [6, 6.07) is 8.72. The minimum Gasteiger partial charge on any atom is -0.305 e. The summed E-state index contributed by atoms with van der Waals surface area (Å²) in [7, 11) is 0. The average molecular weight is 297 g/mol. The molecule has 1 atom stereocenters. The van der Waals surface area contributed by atoms with Gasteiger partial charge in [0.05, 0.1) is 5.51 Å². The highest BCUT2D eigenvalue weighted by Crippen LogP contribution is 2.18. The molecule has 1 heterocycles. The molecular formula is C12H13BrN2S. The molecule has 0 amide bonds. The molecule has 1 aromatic carbocycles. The molecule has 2 rings (SSSR count). The van der Waals surface area contributed by atoms with Gasteiger partial charge in [0, 0.05) is 28.1 Å². The zero-order valence-electron chi connectivity index (χ0n) is 8.98. The van der Waals surface area contributed by atoms with Crippen LogP contribution in [0.1, 0.15) is 23.4 Å². The van der Waals surface area contributed by atoms with Gasteiger partial charge in [-0.2, -0.15) is 0 Å². The van der Waals surface area contributed by atoms with E-state index in [1.807, 2.05) is 17.8 Å². The third-order valence-electron chi connectivity index (χ3n) is 2.41. The second-order valence-electron chi connectivity index (χ2n) is 3.63. The third kappa shape index (κ3) is 3.14. The Labute approximate surface area is 108 Å². The van der Waals surface area contributed by atoms with Crippen LogP contribution in [-0.2, 0) is 6.54 Å². The fraction of sp³-hybridized carbons (Fsp3) is 0.250. The first kappa shape index (κ1) is 11.8. The van der Waals surface area contributed by atoms with E-state index in [2.05, 4.69) is 51.4 Å². The van der Waals surface area contributed by atoms with E-state index in [1.54, 1.807) is 11.3 Å². The molecule has 16 heavy (non-hydrogen) atoms. The monoisotopic (exact) mass is 296 g/mol. The fourth-order valence-corrected chi connectivity index (χ4v) is 2.44. The van der Waals surface area contributed by atoms with Crippen LogP contribution in [0.15, 0.2) is 40.4 Å². The van der Waals surface area contributed by atoms with Crippen LogP contribution >= 0.6 is 27.3 Å². The summed E-state index contributed by atoms with van der Waals surface area (Å²) in [5.41, 5.74) is 3.15. The van der Waals surface area contributed by atoms with Gasteiger partial charge >= 0.3 is 0 Å². The lowest BCUT2D eigenvalue weighted by Crippen LogP contribution is -2.17. The quantitative estimate of drug-likeness (QED) is 0.929. The van der Waals surface area contributed by atoms with E-state index in [-0.39, 0.29) is 0 Å². The molecule has 0 spiro atoms. The number of halogens is 1. The van der Waals surface area contributed by atoms with Gasteiger partial charge in [0.15, 0.2) is 0 Å². The third-order valence-corrected chi connectivity index (χ3v) is 3.69. The number of aromatic nitrogens is 1. The summed E-state index contributed by atoms with van der Waals surface area (Å²) in [6.07, 6.45) is 1.91. The number of rotatable bonds is 4. The number of nitrogens with one attached hydrogen (secondary N) is 1. The zero-order chi connectivity index (χ0) is 11.4. The van der Waals surface area contributed by atoms with Gasteiger partial charge in [-0.05, 0) is 24.6 Å². The Hall–Kier alpha value is -0.710. The number of thiazole rings is 1. The molecule has 0 saturated heterocycles. The maximum atomic E-state index is 4.06. The lowest BCUT2D eigenvalue weighted by atomic mass is 10.1. The molecule has 84 valence electrons. The van der Waals surface area contributed by atoms with Crippen molar-refractivity contribution in [3.63, 3.8) is 0 Å². The summed E-state index contributed by atoms with van der Waals surface area (Å²) < 4.78 is 1.12. The molecule has 1 unspecified atom stereocenters. The maximum absolute atomic E-state index is 4.06. The van der Waals surface area contributed by atoms with Gasteiger partial charge in [-0.15, -0.1) is 11.3 Å². The molecule has 0 bridgehead atoms. The number of hydrogen-bond acceptors (Lipinski definition) is 3. The molecule has 4 heteroatoms. The Bertz CT molecular complexity index is 442. The Morgan fingerprint density at radius 3 is 3.06 bits per heavy atom. The summed E-state index contributed by atoms with van der Waals surface area (Å²) >= 11 is 5.16. The summed E-state index contributed by atoms with van der Waals surface area (Å²) in [6.45, 7) is 3.04. The van der Waals surface area contributed by atoms with Crippen LogP contribution in [0, 0.1) is 0 Å². The first-order valence-corrected chi connectivity index (χ1v) is 6.79. The van der Waals surface area contributed by atoms with Crippen LogP contribution in [0.5, 0.6) is 0 Å². The molecule has 1 N–H and O–H groups in total. The van der Waals surface area contributed by atoms with Crippen LogP contribution in [-0.4, -0.2) is 4.98 Å². The van der Waals surface area contributed by atoms with Gasteiger partial charge < -0.3 is 5.32 Å². The second kappa shape index (κ2) is 5.57. The zero-order valence-corrected chi connectivity index (χ0v) is 11.4. The van der Waals surface area contributed by atoms with Gasteiger partial charge in [0.2, 0.25) is 0 Å². The minimum absolute atomic E-state index is 0.347. The molecular weight excluding hydrogens is 284 g/mol. The number of benzene rings is 1. The number of hydrogen-bond donors (Lipinski definition) is 1. The normalized spacial score (nSPS) is 12.6. The molecule has 0 aliphatic rings. The highest BCUT2D eigenvalue weighted by Gasteiger charge is 2.05. The van der Waals surface area contributed by atoms with E-state index < -0.39 is 0 Å². The molecule has 2 nitrogen and oxygen atoms in total. The molecule has 0 fully saturated rings. The fourth-order valence-electron chi connectivity index (χ4n) is 1.48. The highest BCUT2D eigenvalue weighted by molar-refractivity contribution is 9.10. The highest BCUT2D eigenvalue weighted by atomic mass is 79.9. The van der Waals surface area contributed by atoms with E-state index in [0.717, 1.165) is 11.0 Å². The Morgan fingerprint density at radius 1 is 1.50 bits per heavy atom. The van der Waals surface area contributed by atoms with Gasteiger partial charge in [0.25, 0.3) is 0 Å². The standard InChI is InChI=1S/C12H13BrN2S/c1-9(10-3-2-4-11(13)5-10)15-7-12-6-14-8-16-12/h2-6,8-9,15H,7H2,1H3. The van der Waals surface area contributed by atoms with Crippen molar-refractivity contribution in [2.24, 2.45) is 0 Å². The SMILES string of the molecule is CC(NCc1cncs1)c1cccc(Br)c1. The van der Waals surface area contributed by atoms with Crippen molar-refractivity contribution in [2.75, 3.05) is 0 Å². The smallest absolute Gasteiger partial charge is 0.0794 e. The van der Waals surface area contributed by atoms with E-state index in [4.69, 9.17) is 0 Å². The molecule has 2 aromatic rings. The van der Waals surface area contributed by atoms with Crippen molar-refractivity contribution in [1.29, 1.82) is 0 Å². The first-order valence-electron chi connectivity index (χ1n) is 5.12. The van der Waals surface area contributed by atoms with Crippen LogP contribution in [0.3, 0.4) is 0 Å². The summed E-state index contributed by atoms with van der Waals surface area (Å²) in [5, 5.41) is 3.48. The van der Waals surface area contributed by atoms with Crippen molar-refractivity contribution < 1.29 is 0 Å². The first-order chi connectivity index (χ1) is 7.75. The summed E-state index contributed by atoms with van der Waals surface area (Å²) in [4.78, 5) is 5.32. The Morgan fingerprint density at radius 2 is 2.38 bits per heavy atom. The van der Waals surface area contributed by atoms with E-state index >= 15 is 0 Å². The Kier molecular flexibility index (Phi) is 4.09. The van der Waals surface area contributed by atoms with Gasteiger partial charge in [-0.1, -0.05) is 28.1 Å². The minimum atomic E-state index is 0.347. The second-order valence-corrected chi connectivity index (χ2v) is 5.51. The van der Waals surface area contributed by atoms with Crippen molar-refractivity contribution in [1.82, 2.24) is 10.3 Å². The topological polar surface area (TPSA) is 24.9 Å². The largest absolute Gasteiger partial charge is 0.305 e. The predicted octanol–water partition coefficient (Wildman–Crippen LogP) is 3.76. The number of nitrogens with zero attached hydrogens (tertiary/aromatic N) is 1. The molecule has 0 saturated carbocycles. The van der Waals surface area contributed by atoms with Gasteiger partial charge in [0.1, 0.15) is 0 Å². The average Bonchev–Trinajstić information content (AvgIpc) is 2.78. The van der Waals surface area contributed by atoms with Crippen molar-refractivity contribution in [3.8, 4) is 0 Å². The lowest BCUT2D eigenvalue weighted by molar-refractivity contribution is 0.578. The van der Waals surface area contributed by atoms with E-state index in [0.29, 0.717) is 6.04 Å². The van der Waals surface area contributed by atoms with Gasteiger partial charge in [-0.3, -0.25) is 4.98 Å². The molecule has 0 aliphatic heterocycles. The lowest BCUT2D eigenvalue weighted by Gasteiger charge is -2.13.